The fourth-order valence-electron chi connectivity index (χ4n) is 2.86. The quantitative estimate of drug-likeness (QED) is 0.321. The average Bonchev–Trinajstić information content (AvgIpc) is 3.38. The number of halogens is 2. The van der Waals surface area contributed by atoms with Gasteiger partial charge in [-0.2, -0.15) is 0 Å². The molecule has 2 heterocycles. The van der Waals surface area contributed by atoms with E-state index in [0.29, 0.717) is 20.9 Å². The van der Waals surface area contributed by atoms with Crippen molar-refractivity contribution in [3.8, 4) is 0 Å². The van der Waals surface area contributed by atoms with Crippen molar-refractivity contribution >= 4 is 61.9 Å². The molecular formula is C22H16Cl2N2O2S. The first-order chi connectivity index (χ1) is 14.0. The first-order valence-corrected chi connectivity index (χ1v) is 10.4. The van der Waals surface area contributed by atoms with Gasteiger partial charge in [-0.05, 0) is 54.5 Å². The lowest BCUT2D eigenvalue weighted by Gasteiger charge is -2.16. The number of furan rings is 1. The molecule has 4 rings (SSSR count). The van der Waals surface area contributed by atoms with Gasteiger partial charge >= 0.3 is 0 Å². The summed E-state index contributed by atoms with van der Waals surface area (Å²) in [7, 11) is 0. The van der Waals surface area contributed by atoms with Gasteiger partial charge in [-0.25, -0.2) is 4.98 Å². The summed E-state index contributed by atoms with van der Waals surface area (Å²) >= 11 is 13.9. The number of aromatic nitrogens is 1. The van der Waals surface area contributed by atoms with Gasteiger partial charge in [0.1, 0.15) is 5.76 Å². The number of hydrogen-bond donors (Lipinski definition) is 0. The van der Waals surface area contributed by atoms with Crippen molar-refractivity contribution in [1.29, 1.82) is 0 Å². The van der Waals surface area contributed by atoms with Crippen molar-refractivity contribution in [1.82, 2.24) is 4.98 Å². The standard InChI is InChI=1S/C22H16Cl2N2O2S/c1-14-17(23)9-10-19-21(14)25-22(29-19)26(13-16-6-4-12-28-16)20(27)11-8-15-5-2-3-7-18(15)24/h2-12H,13H2,1H3/b11-8+. The van der Waals surface area contributed by atoms with Crippen molar-refractivity contribution in [2.45, 2.75) is 13.5 Å². The molecule has 0 fully saturated rings. The number of aryl methyl sites for hydroxylation is 1. The summed E-state index contributed by atoms with van der Waals surface area (Å²) in [6, 6.07) is 14.7. The Morgan fingerprint density at radius 2 is 1.97 bits per heavy atom. The van der Waals surface area contributed by atoms with E-state index >= 15 is 0 Å². The molecule has 2 aromatic heterocycles. The summed E-state index contributed by atoms with van der Waals surface area (Å²) in [5.41, 5.74) is 2.46. The molecule has 4 nitrogen and oxygen atoms in total. The van der Waals surface area contributed by atoms with Crippen LogP contribution in [-0.2, 0) is 11.3 Å². The third-order valence-electron chi connectivity index (χ3n) is 4.44. The molecule has 0 unspecified atom stereocenters. The molecule has 1 amide bonds. The van der Waals surface area contributed by atoms with Gasteiger partial charge in [0.25, 0.3) is 5.91 Å². The van der Waals surface area contributed by atoms with E-state index in [1.807, 2.05) is 43.3 Å². The number of carbonyl (C=O) groups excluding carboxylic acids is 1. The van der Waals surface area contributed by atoms with Crippen LogP contribution in [0.5, 0.6) is 0 Å². The molecule has 4 aromatic rings. The largest absolute Gasteiger partial charge is 0.467 e. The molecule has 0 radical (unpaired) electrons. The highest BCUT2D eigenvalue weighted by molar-refractivity contribution is 7.22. The zero-order chi connectivity index (χ0) is 20.4. The van der Waals surface area contributed by atoms with Crippen molar-refractivity contribution in [3.63, 3.8) is 0 Å². The Balaban J connectivity index is 1.71. The fourth-order valence-corrected chi connectivity index (χ4v) is 4.24. The minimum absolute atomic E-state index is 0.218. The van der Waals surface area contributed by atoms with Gasteiger partial charge in [-0.3, -0.25) is 9.69 Å². The Labute approximate surface area is 182 Å². The van der Waals surface area contributed by atoms with E-state index in [1.54, 1.807) is 29.4 Å². The first kappa shape index (κ1) is 19.7. The summed E-state index contributed by atoms with van der Waals surface area (Å²) in [5, 5.41) is 1.81. The number of rotatable bonds is 5. The maximum atomic E-state index is 13.1. The second-order valence-electron chi connectivity index (χ2n) is 6.37. The lowest BCUT2D eigenvalue weighted by atomic mass is 10.2. The molecule has 2 aromatic carbocycles. The number of thiazole rings is 1. The molecule has 0 saturated heterocycles. The Hall–Kier alpha value is -2.60. The number of fused-ring (bicyclic) bond motifs is 1. The molecular weight excluding hydrogens is 427 g/mol. The van der Waals surface area contributed by atoms with E-state index in [2.05, 4.69) is 4.98 Å². The molecule has 0 aliphatic carbocycles. The van der Waals surface area contributed by atoms with Crippen molar-refractivity contribution in [2.24, 2.45) is 0 Å². The zero-order valence-electron chi connectivity index (χ0n) is 15.4. The van der Waals surface area contributed by atoms with Crippen molar-refractivity contribution in [2.75, 3.05) is 4.90 Å². The van der Waals surface area contributed by atoms with Crippen molar-refractivity contribution in [3.05, 3.63) is 87.8 Å². The van der Waals surface area contributed by atoms with E-state index in [-0.39, 0.29) is 12.5 Å². The van der Waals surface area contributed by atoms with Crippen LogP contribution in [0.15, 0.2) is 65.3 Å². The summed E-state index contributed by atoms with van der Waals surface area (Å²) in [6.07, 6.45) is 4.78. The number of hydrogen-bond acceptors (Lipinski definition) is 4. The van der Waals surface area contributed by atoms with Crippen molar-refractivity contribution < 1.29 is 9.21 Å². The number of anilines is 1. The van der Waals surface area contributed by atoms with Crippen LogP contribution in [0.3, 0.4) is 0 Å². The number of carbonyl (C=O) groups is 1. The van der Waals surface area contributed by atoms with Gasteiger partial charge in [-0.15, -0.1) is 0 Å². The lowest BCUT2D eigenvalue weighted by Crippen LogP contribution is -2.28. The van der Waals surface area contributed by atoms with Gasteiger partial charge in [0.05, 0.1) is 23.0 Å². The van der Waals surface area contributed by atoms with E-state index in [9.17, 15) is 4.79 Å². The van der Waals surface area contributed by atoms with Gasteiger partial charge in [0, 0.05) is 16.1 Å². The third kappa shape index (κ3) is 4.22. The Bertz CT molecular complexity index is 1200. The van der Waals surface area contributed by atoms with E-state index in [4.69, 9.17) is 27.6 Å². The lowest BCUT2D eigenvalue weighted by molar-refractivity contribution is -0.114. The average molecular weight is 443 g/mol. The SMILES string of the molecule is Cc1c(Cl)ccc2sc(N(Cc3ccco3)C(=O)/C=C/c3ccccc3Cl)nc12. The molecule has 29 heavy (non-hydrogen) atoms. The smallest absolute Gasteiger partial charge is 0.253 e. The molecule has 146 valence electrons. The third-order valence-corrected chi connectivity index (χ3v) is 6.24. The molecule has 0 aliphatic heterocycles. The molecule has 0 saturated carbocycles. The van der Waals surface area contributed by atoms with Crippen LogP contribution in [0.2, 0.25) is 10.0 Å². The second kappa shape index (κ2) is 8.41. The van der Waals surface area contributed by atoms with E-state index in [1.165, 1.54) is 17.4 Å². The van der Waals surface area contributed by atoms with Crippen LogP contribution in [0.25, 0.3) is 16.3 Å². The van der Waals surface area contributed by atoms with Crippen LogP contribution in [0, 0.1) is 6.92 Å². The van der Waals surface area contributed by atoms with Gasteiger partial charge in [0.2, 0.25) is 0 Å². The maximum Gasteiger partial charge on any atom is 0.253 e. The molecule has 0 atom stereocenters. The van der Waals surface area contributed by atoms with Crippen LogP contribution in [0.1, 0.15) is 16.9 Å². The fraction of sp³-hybridized carbons (Fsp3) is 0.0909. The highest BCUT2D eigenvalue weighted by atomic mass is 35.5. The van der Waals surface area contributed by atoms with Crippen LogP contribution in [0.4, 0.5) is 5.13 Å². The van der Waals surface area contributed by atoms with Crippen LogP contribution in [-0.4, -0.2) is 10.9 Å². The Morgan fingerprint density at radius 1 is 1.14 bits per heavy atom. The number of benzene rings is 2. The van der Waals surface area contributed by atoms with Crippen LogP contribution < -0.4 is 4.90 Å². The minimum atomic E-state index is -0.218. The highest BCUT2D eigenvalue weighted by Crippen LogP contribution is 2.34. The number of nitrogens with zero attached hydrogens (tertiary/aromatic N) is 2. The van der Waals surface area contributed by atoms with E-state index < -0.39 is 0 Å². The summed E-state index contributed by atoms with van der Waals surface area (Å²) in [4.78, 5) is 19.4. The first-order valence-electron chi connectivity index (χ1n) is 8.85. The maximum absolute atomic E-state index is 13.1. The zero-order valence-corrected chi connectivity index (χ0v) is 17.8. The molecule has 0 aliphatic rings. The Kier molecular flexibility index (Phi) is 5.72. The second-order valence-corrected chi connectivity index (χ2v) is 8.20. The summed E-state index contributed by atoms with van der Waals surface area (Å²) < 4.78 is 6.42. The van der Waals surface area contributed by atoms with Gasteiger partial charge < -0.3 is 4.42 Å². The molecule has 0 N–H and O–H groups in total. The topological polar surface area (TPSA) is 46.3 Å². The Morgan fingerprint density at radius 3 is 2.72 bits per heavy atom. The molecule has 0 bridgehead atoms. The number of amides is 1. The monoisotopic (exact) mass is 442 g/mol. The van der Waals surface area contributed by atoms with E-state index in [0.717, 1.165) is 21.3 Å². The highest BCUT2D eigenvalue weighted by Gasteiger charge is 2.20. The summed E-state index contributed by atoms with van der Waals surface area (Å²) in [5.74, 6) is 0.447. The van der Waals surface area contributed by atoms with Gasteiger partial charge in [0.15, 0.2) is 5.13 Å². The molecule has 7 heteroatoms. The predicted octanol–water partition coefficient (Wildman–Crippen LogP) is 6.75. The normalized spacial score (nSPS) is 11.4. The minimum Gasteiger partial charge on any atom is -0.467 e. The predicted molar refractivity (Wildman–Crippen MR) is 120 cm³/mol. The van der Waals surface area contributed by atoms with Gasteiger partial charge in [-0.1, -0.05) is 52.7 Å². The van der Waals surface area contributed by atoms with Crippen LogP contribution >= 0.6 is 34.5 Å². The molecule has 0 spiro atoms. The summed E-state index contributed by atoms with van der Waals surface area (Å²) in [6.45, 7) is 2.19.